The second kappa shape index (κ2) is 2.74. The Bertz CT molecular complexity index is 179. The van der Waals surface area contributed by atoms with Crippen molar-refractivity contribution in [1.29, 1.82) is 5.26 Å². The summed E-state index contributed by atoms with van der Waals surface area (Å²) in [6.07, 6.45) is -2.94. The Morgan fingerprint density at radius 2 is 1.82 bits per heavy atom. The molecule has 1 unspecified atom stereocenters. The van der Waals surface area contributed by atoms with Crippen LogP contribution in [-0.2, 0) is 0 Å². The van der Waals surface area contributed by atoms with Crippen molar-refractivity contribution in [3.63, 3.8) is 0 Å². The van der Waals surface area contributed by atoms with Crippen molar-refractivity contribution < 1.29 is 13.9 Å². The molecule has 0 radical (unpaired) electrons. The van der Waals surface area contributed by atoms with Gasteiger partial charge in [0.15, 0.2) is 0 Å². The maximum atomic E-state index is 12.8. The van der Waals surface area contributed by atoms with Crippen molar-refractivity contribution in [3.8, 4) is 6.07 Å². The predicted molar refractivity (Wildman–Crippen MR) is 34.2 cm³/mol. The third kappa shape index (κ3) is 1.21. The van der Waals surface area contributed by atoms with Gasteiger partial charge in [-0.05, 0) is 19.3 Å². The highest BCUT2D eigenvalue weighted by Crippen LogP contribution is 2.32. The summed E-state index contributed by atoms with van der Waals surface area (Å²) in [7, 11) is 0. The normalized spacial score (nSPS) is 44.9. The summed E-state index contributed by atoms with van der Waals surface area (Å²) in [6, 6.07) is 1.29. The van der Waals surface area contributed by atoms with Gasteiger partial charge < -0.3 is 5.11 Å². The summed E-state index contributed by atoms with van der Waals surface area (Å²) < 4.78 is 25.5. The van der Waals surface area contributed by atoms with Gasteiger partial charge in [0.25, 0.3) is 0 Å². The summed E-state index contributed by atoms with van der Waals surface area (Å²) in [5.74, 6) is 0. The van der Waals surface area contributed by atoms with Crippen LogP contribution in [0.3, 0.4) is 0 Å². The molecule has 4 heteroatoms. The lowest BCUT2D eigenvalue weighted by Gasteiger charge is -2.31. The predicted octanol–water partition coefficient (Wildman–Crippen LogP) is 1.10. The summed E-state index contributed by atoms with van der Waals surface area (Å²) in [4.78, 5) is 0. The Morgan fingerprint density at radius 1 is 1.36 bits per heavy atom. The van der Waals surface area contributed by atoms with Crippen molar-refractivity contribution in [1.82, 2.24) is 0 Å². The number of halogens is 2. The highest BCUT2D eigenvalue weighted by atomic mass is 19.1. The minimum atomic E-state index is -2.39. The van der Waals surface area contributed by atoms with Crippen LogP contribution in [0, 0.1) is 11.3 Å². The van der Waals surface area contributed by atoms with E-state index in [1.54, 1.807) is 0 Å². The molecule has 1 aliphatic carbocycles. The minimum absolute atomic E-state index is 0.0739. The van der Waals surface area contributed by atoms with Crippen molar-refractivity contribution >= 4 is 0 Å². The lowest BCUT2D eigenvalue weighted by atomic mass is 9.83. The van der Waals surface area contributed by atoms with Crippen LogP contribution in [0.2, 0.25) is 0 Å². The van der Waals surface area contributed by atoms with E-state index < -0.39 is 17.9 Å². The fourth-order valence-corrected chi connectivity index (χ4v) is 1.25. The zero-order chi connectivity index (χ0) is 8.48. The molecular formula is C7H9F2NO. The van der Waals surface area contributed by atoms with E-state index in [0.29, 0.717) is 6.42 Å². The van der Waals surface area contributed by atoms with Gasteiger partial charge in [-0.25, -0.2) is 8.78 Å². The first kappa shape index (κ1) is 8.41. The van der Waals surface area contributed by atoms with Crippen LogP contribution in [0.25, 0.3) is 0 Å². The molecule has 0 heterocycles. The smallest absolute Gasteiger partial charge is 0.213 e. The Kier molecular flexibility index (Phi) is 2.10. The van der Waals surface area contributed by atoms with Crippen LogP contribution in [-0.4, -0.2) is 23.1 Å². The summed E-state index contributed by atoms with van der Waals surface area (Å²) in [5, 5.41) is 17.4. The molecule has 0 aromatic heterocycles. The topological polar surface area (TPSA) is 44.0 Å². The Balaban J connectivity index is 2.80. The number of aliphatic hydroxyl groups is 1. The van der Waals surface area contributed by atoms with Gasteiger partial charge in [-0.2, -0.15) is 5.26 Å². The molecule has 3 atom stereocenters. The molecule has 0 amide bonds. The van der Waals surface area contributed by atoms with Crippen LogP contribution >= 0.6 is 0 Å². The van der Waals surface area contributed by atoms with E-state index in [0.717, 1.165) is 0 Å². The molecule has 1 N–H and O–H groups in total. The number of nitrogens with zero attached hydrogens (tertiary/aromatic N) is 1. The van der Waals surface area contributed by atoms with Crippen molar-refractivity contribution in [2.24, 2.45) is 0 Å². The van der Waals surface area contributed by atoms with Gasteiger partial charge >= 0.3 is 0 Å². The van der Waals surface area contributed by atoms with Gasteiger partial charge in [0.2, 0.25) is 5.60 Å². The molecule has 1 aliphatic rings. The van der Waals surface area contributed by atoms with E-state index in [2.05, 4.69) is 0 Å². The number of rotatable bonds is 0. The molecule has 11 heavy (non-hydrogen) atoms. The minimum Gasteiger partial charge on any atom is -0.371 e. The molecule has 2 nitrogen and oxygen atoms in total. The number of hydrogen-bond donors (Lipinski definition) is 1. The molecule has 0 aromatic rings. The van der Waals surface area contributed by atoms with E-state index in [1.165, 1.54) is 6.07 Å². The van der Waals surface area contributed by atoms with E-state index in [9.17, 15) is 8.78 Å². The quantitative estimate of drug-likeness (QED) is 0.540. The molecule has 0 bridgehead atoms. The summed E-state index contributed by atoms with van der Waals surface area (Å²) >= 11 is 0. The van der Waals surface area contributed by atoms with E-state index in [-0.39, 0.29) is 12.8 Å². The molecule has 0 spiro atoms. The van der Waals surface area contributed by atoms with E-state index >= 15 is 0 Å². The highest BCUT2D eigenvalue weighted by Gasteiger charge is 2.48. The first-order valence-corrected chi connectivity index (χ1v) is 3.53. The number of hydrogen-bond acceptors (Lipinski definition) is 2. The number of nitriles is 1. The van der Waals surface area contributed by atoms with Gasteiger partial charge in [0.05, 0.1) is 0 Å². The van der Waals surface area contributed by atoms with Crippen LogP contribution in [0.15, 0.2) is 0 Å². The van der Waals surface area contributed by atoms with Crippen LogP contribution in [0.1, 0.15) is 19.3 Å². The maximum absolute atomic E-state index is 12.8. The van der Waals surface area contributed by atoms with Gasteiger partial charge in [-0.15, -0.1) is 0 Å². The second-order valence-corrected chi connectivity index (χ2v) is 2.80. The second-order valence-electron chi connectivity index (χ2n) is 2.80. The molecule has 62 valence electrons. The summed E-state index contributed by atoms with van der Waals surface area (Å²) in [6.45, 7) is 0. The molecule has 1 saturated carbocycles. The third-order valence-electron chi connectivity index (χ3n) is 2.05. The van der Waals surface area contributed by atoms with E-state index in [4.69, 9.17) is 10.4 Å². The Morgan fingerprint density at radius 3 is 2.09 bits per heavy atom. The fraction of sp³-hybridized carbons (Fsp3) is 0.857. The molecular weight excluding hydrogens is 152 g/mol. The van der Waals surface area contributed by atoms with Crippen LogP contribution in [0.5, 0.6) is 0 Å². The van der Waals surface area contributed by atoms with Crippen molar-refractivity contribution in [2.75, 3.05) is 0 Å². The van der Waals surface area contributed by atoms with Crippen molar-refractivity contribution in [2.45, 2.75) is 37.2 Å². The van der Waals surface area contributed by atoms with Gasteiger partial charge in [0.1, 0.15) is 18.4 Å². The molecule has 0 aromatic carbocycles. The number of alkyl halides is 2. The Labute approximate surface area is 63.4 Å². The third-order valence-corrected chi connectivity index (χ3v) is 2.05. The maximum Gasteiger partial charge on any atom is 0.213 e. The van der Waals surface area contributed by atoms with Gasteiger partial charge in [-0.1, -0.05) is 0 Å². The molecule has 0 aliphatic heterocycles. The zero-order valence-corrected chi connectivity index (χ0v) is 5.93. The molecule has 0 saturated heterocycles. The van der Waals surface area contributed by atoms with Gasteiger partial charge in [0, 0.05) is 0 Å². The average Bonchev–Trinajstić information content (AvgIpc) is 2.00. The standard InChI is InChI=1S/C7H9F2NO/c8-5-2-1-3-6(9)7(5,11)4-10/h5-6,11H,1-3H2/t5-,6+,7?. The van der Waals surface area contributed by atoms with E-state index in [1.807, 2.05) is 0 Å². The van der Waals surface area contributed by atoms with Crippen LogP contribution in [0.4, 0.5) is 8.78 Å². The SMILES string of the molecule is N#CC1(O)[C@H](F)CCC[C@@H]1F. The lowest BCUT2D eigenvalue weighted by Crippen LogP contribution is -2.49. The largest absolute Gasteiger partial charge is 0.371 e. The van der Waals surface area contributed by atoms with Crippen LogP contribution < -0.4 is 0 Å². The highest BCUT2D eigenvalue weighted by molar-refractivity contribution is 5.12. The molecule has 1 fully saturated rings. The van der Waals surface area contributed by atoms with Gasteiger partial charge in [-0.3, -0.25) is 0 Å². The first-order valence-electron chi connectivity index (χ1n) is 3.53. The monoisotopic (exact) mass is 161 g/mol. The Hall–Kier alpha value is -0.690. The van der Waals surface area contributed by atoms with Crippen molar-refractivity contribution in [3.05, 3.63) is 0 Å². The lowest BCUT2D eigenvalue weighted by molar-refractivity contribution is -0.0726. The average molecular weight is 161 g/mol. The zero-order valence-electron chi connectivity index (χ0n) is 5.93. The fourth-order valence-electron chi connectivity index (χ4n) is 1.25. The summed E-state index contributed by atoms with van der Waals surface area (Å²) in [5.41, 5.74) is -2.39. The molecule has 1 rings (SSSR count). The first-order chi connectivity index (χ1) is 5.11.